The Morgan fingerprint density at radius 2 is 0.877 bits per heavy atom. The first-order valence-corrected chi connectivity index (χ1v) is 20.7. The number of aromatic nitrogens is 4. The highest BCUT2D eigenvalue weighted by Crippen LogP contribution is 2.45. The summed E-state index contributed by atoms with van der Waals surface area (Å²) in [4.78, 5) is 15.2. The maximum atomic E-state index is 5.12. The summed E-state index contributed by atoms with van der Waals surface area (Å²) in [6.45, 7) is 0. The molecule has 12 aromatic rings. The van der Waals surface area contributed by atoms with E-state index in [1.807, 2.05) is 59.1 Å². The van der Waals surface area contributed by atoms with Crippen molar-refractivity contribution in [3.05, 3.63) is 182 Å². The molecule has 4 aromatic heterocycles. The van der Waals surface area contributed by atoms with Crippen LogP contribution < -0.4 is 0 Å². The normalized spacial score (nSPS) is 11.9. The molecular formula is C51H30N4S2. The zero-order chi connectivity index (χ0) is 37.5. The van der Waals surface area contributed by atoms with E-state index in [1.165, 1.54) is 68.6 Å². The van der Waals surface area contributed by atoms with Gasteiger partial charge in [0.15, 0.2) is 17.5 Å². The van der Waals surface area contributed by atoms with E-state index in [-0.39, 0.29) is 0 Å². The second-order valence-electron chi connectivity index (χ2n) is 14.3. The summed E-state index contributed by atoms with van der Waals surface area (Å²) in [6.07, 6.45) is 0. The lowest BCUT2D eigenvalue weighted by Gasteiger charge is -2.10. The van der Waals surface area contributed by atoms with Gasteiger partial charge in [-0.25, -0.2) is 15.0 Å². The third-order valence-corrected chi connectivity index (χ3v) is 13.6. The quantitative estimate of drug-likeness (QED) is 0.175. The predicted octanol–water partition coefficient (Wildman–Crippen LogP) is 14.4. The van der Waals surface area contributed by atoms with Crippen LogP contribution in [0.3, 0.4) is 0 Å². The maximum absolute atomic E-state index is 5.12. The summed E-state index contributed by atoms with van der Waals surface area (Å²) in [6, 6.07) is 64.8. The summed E-state index contributed by atoms with van der Waals surface area (Å²) >= 11 is 3.69. The Bertz CT molecular complexity index is 3470. The molecule has 266 valence electrons. The van der Waals surface area contributed by atoms with Gasteiger partial charge in [-0.2, -0.15) is 0 Å². The number of para-hydroxylation sites is 1. The molecule has 0 bridgehead atoms. The van der Waals surface area contributed by atoms with Crippen LogP contribution in [-0.4, -0.2) is 19.5 Å². The summed E-state index contributed by atoms with van der Waals surface area (Å²) in [5.74, 6) is 1.98. The molecule has 4 heterocycles. The van der Waals surface area contributed by atoms with E-state index in [4.69, 9.17) is 15.0 Å². The third-order valence-electron chi connectivity index (χ3n) is 11.1. The Hall–Kier alpha value is -6.99. The molecule has 0 N–H and O–H groups in total. The first kappa shape index (κ1) is 32.3. The number of thiophene rings is 2. The Balaban J connectivity index is 1.06. The van der Waals surface area contributed by atoms with Gasteiger partial charge in [0, 0.05) is 63.1 Å². The predicted molar refractivity (Wildman–Crippen MR) is 242 cm³/mol. The van der Waals surface area contributed by atoms with E-state index in [0.717, 1.165) is 27.1 Å². The van der Waals surface area contributed by atoms with Gasteiger partial charge in [0.2, 0.25) is 0 Å². The van der Waals surface area contributed by atoms with Crippen LogP contribution in [0.4, 0.5) is 0 Å². The average molecular weight is 763 g/mol. The number of fused-ring (bicyclic) bond motifs is 9. The van der Waals surface area contributed by atoms with Gasteiger partial charge in [-0.3, -0.25) is 0 Å². The van der Waals surface area contributed by atoms with Crippen molar-refractivity contribution in [2.45, 2.75) is 0 Å². The van der Waals surface area contributed by atoms with Crippen molar-refractivity contribution in [2.75, 3.05) is 0 Å². The lowest BCUT2D eigenvalue weighted by Crippen LogP contribution is -2.00. The van der Waals surface area contributed by atoms with Crippen LogP contribution in [0, 0.1) is 0 Å². The molecule has 6 heteroatoms. The summed E-state index contributed by atoms with van der Waals surface area (Å²) < 4.78 is 7.49. The molecule has 8 aromatic carbocycles. The Labute approximate surface area is 335 Å². The minimum Gasteiger partial charge on any atom is -0.308 e. The SMILES string of the molecule is c1ccc(-c2nc(-c3ccccc3)nc(-c3cccc4c3sc3c(-n5c6ccccc6c6cc(-c7cccc8c7sc7ccccc78)ccc65)cccc34)n2)cc1. The van der Waals surface area contributed by atoms with Crippen LogP contribution in [0.2, 0.25) is 0 Å². The zero-order valence-corrected chi connectivity index (χ0v) is 32.1. The standard InChI is InChI=1S/C51H30N4S2/c1-3-14-31(15-4-1)49-52-50(32-16-5-2-6-17-32)54-51(53-49)40-24-12-22-38-39-23-13-26-44(48(39)57-47(38)40)55-42-25-9-7-18-35(42)41-30-33(28-29-43(41)55)34-20-11-21-37-36-19-8-10-27-45(36)56-46(34)37/h1-30H. The molecule has 0 fully saturated rings. The van der Waals surface area contributed by atoms with Gasteiger partial charge in [-0.05, 0) is 47.5 Å². The van der Waals surface area contributed by atoms with Gasteiger partial charge in [-0.1, -0.05) is 146 Å². The van der Waals surface area contributed by atoms with Crippen LogP contribution in [0.1, 0.15) is 0 Å². The van der Waals surface area contributed by atoms with Gasteiger partial charge in [0.25, 0.3) is 0 Å². The van der Waals surface area contributed by atoms with E-state index in [2.05, 4.69) is 150 Å². The summed E-state index contributed by atoms with van der Waals surface area (Å²) in [7, 11) is 0. The van der Waals surface area contributed by atoms with Gasteiger partial charge in [-0.15, -0.1) is 22.7 Å². The second kappa shape index (κ2) is 12.8. The first-order chi connectivity index (χ1) is 28.3. The average Bonchev–Trinajstić information content (AvgIpc) is 3.96. The molecule has 0 radical (unpaired) electrons. The molecule has 0 spiro atoms. The van der Waals surface area contributed by atoms with E-state index in [0.29, 0.717) is 17.5 Å². The second-order valence-corrected chi connectivity index (χ2v) is 16.4. The maximum Gasteiger partial charge on any atom is 0.165 e. The molecule has 0 unspecified atom stereocenters. The van der Waals surface area contributed by atoms with Crippen molar-refractivity contribution in [1.82, 2.24) is 19.5 Å². The lowest BCUT2D eigenvalue weighted by molar-refractivity contribution is 1.08. The van der Waals surface area contributed by atoms with Gasteiger partial charge >= 0.3 is 0 Å². The molecule has 0 saturated heterocycles. The summed E-state index contributed by atoms with van der Waals surface area (Å²) in [5.41, 5.74) is 8.96. The fourth-order valence-electron chi connectivity index (χ4n) is 8.46. The molecular weight excluding hydrogens is 733 g/mol. The smallest absolute Gasteiger partial charge is 0.165 e. The molecule has 0 aliphatic carbocycles. The van der Waals surface area contributed by atoms with Crippen molar-refractivity contribution in [2.24, 2.45) is 0 Å². The van der Waals surface area contributed by atoms with Gasteiger partial charge < -0.3 is 4.57 Å². The highest BCUT2D eigenvalue weighted by Gasteiger charge is 2.21. The van der Waals surface area contributed by atoms with E-state index in [9.17, 15) is 0 Å². The molecule has 0 amide bonds. The minimum atomic E-state index is 0.659. The topological polar surface area (TPSA) is 43.6 Å². The van der Waals surface area contributed by atoms with Crippen molar-refractivity contribution in [3.63, 3.8) is 0 Å². The fraction of sp³-hybridized carbons (Fsp3) is 0. The fourth-order valence-corrected chi connectivity index (χ4v) is 11.0. The zero-order valence-electron chi connectivity index (χ0n) is 30.4. The van der Waals surface area contributed by atoms with Gasteiger partial charge in [0.05, 0.1) is 21.4 Å². The van der Waals surface area contributed by atoms with Crippen molar-refractivity contribution < 1.29 is 0 Å². The van der Waals surface area contributed by atoms with Crippen molar-refractivity contribution in [3.8, 4) is 51.0 Å². The number of hydrogen-bond acceptors (Lipinski definition) is 5. The first-order valence-electron chi connectivity index (χ1n) is 19.0. The van der Waals surface area contributed by atoms with E-state index < -0.39 is 0 Å². The molecule has 0 atom stereocenters. The van der Waals surface area contributed by atoms with Crippen LogP contribution in [0.5, 0.6) is 0 Å². The summed E-state index contributed by atoms with van der Waals surface area (Å²) in [5, 5.41) is 7.53. The lowest BCUT2D eigenvalue weighted by atomic mass is 10.0. The van der Waals surface area contributed by atoms with Crippen molar-refractivity contribution >= 4 is 84.8 Å². The minimum absolute atomic E-state index is 0.659. The number of benzene rings is 8. The number of rotatable bonds is 5. The Morgan fingerprint density at radius 3 is 1.63 bits per heavy atom. The molecule has 0 aliphatic rings. The largest absolute Gasteiger partial charge is 0.308 e. The van der Waals surface area contributed by atoms with Crippen molar-refractivity contribution in [1.29, 1.82) is 0 Å². The Kier molecular flexibility index (Phi) is 7.24. The molecule has 57 heavy (non-hydrogen) atoms. The highest BCUT2D eigenvalue weighted by molar-refractivity contribution is 7.27. The number of nitrogens with zero attached hydrogens (tertiary/aromatic N) is 4. The molecule has 12 rings (SSSR count). The van der Waals surface area contributed by atoms with E-state index in [1.54, 1.807) is 0 Å². The molecule has 0 saturated carbocycles. The number of hydrogen-bond donors (Lipinski definition) is 0. The molecule has 4 nitrogen and oxygen atoms in total. The highest BCUT2D eigenvalue weighted by atomic mass is 32.1. The monoisotopic (exact) mass is 762 g/mol. The van der Waals surface area contributed by atoms with Crippen LogP contribution in [-0.2, 0) is 0 Å². The Morgan fingerprint density at radius 1 is 0.333 bits per heavy atom. The van der Waals surface area contributed by atoms with Gasteiger partial charge in [0.1, 0.15) is 0 Å². The van der Waals surface area contributed by atoms with E-state index >= 15 is 0 Å². The third kappa shape index (κ3) is 5.08. The van der Waals surface area contributed by atoms with Crippen LogP contribution in [0.25, 0.3) is 113 Å². The molecule has 0 aliphatic heterocycles. The van der Waals surface area contributed by atoms with Crippen LogP contribution in [0.15, 0.2) is 182 Å². The van der Waals surface area contributed by atoms with Crippen LogP contribution >= 0.6 is 22.7 Å².